The molecule has 4 nitrogen and oxygen atoms in total. The van der Waals surface area contributed by atoms with Crippen LogP contribution in [-0.4, -0.2) is 60.8 Å². The molecule has 1 spiro atoms. The van der Waals surface area contributed by atoms with Crippen LogP contribution in [0.3, 0.4) is 0 Å². The van der Waals surface area contributed by atoms with E-state index in [0.29, 0.717) is 4.75 Å². The average molecular weight is 441 g/mol. The first-order valence-electron chi connectivity index (χ1n) is 8.54. The molecular formula is C16H32IN3OS. The van der Waals surface area contributed by atoms with Crippen molar-refractivity contribution in [1.82, 2.24) is 10.2 Å². The smallest absolute Gasteiger partial charge is 0.194 e. The van der Waals surface area contributed by atoms with Crippen molar-refractivity contribution in [2.24, 2.45) is 4.99 Å². The van der Waals surface area contributed by atoms with E-state index >= 15 is 0 Å². The summed E-state index contributed by atoms with van der Waals surface area (Å²) in [7, 11) is 0. The van der Waals surface area contributed by atoms with Gasteiger partial charge in [-0.05, 0) is 26.7 Å². The normalized spacial score (nSPS) is 21.5. The van der Waals surface area contributed by atoms with Crippen molar-refractivity contribution in [3.8, 4) is 0 Å². The molecular weight excluding hydrogens is 409 g/mol. The Hall–Kier alpha value is 0.310. The van der Waals surface area contributed by atoms with Crippen molar-refractivity contribution in [1.29, 1.82) is 0 Å². The maximum absolute atomic E-state index is 5.40. The fraction of sp³-hybridized carbons (Fsp3) is 0.938. The largest absolute Gasteiger partial charge is 0.380 e. The van der Waals surface area contributed by atoms with E-state index in [0.717, 1.165) is 45.4 Å². The molecule has 6 heteroatoms. The standard InChI is InChI=1S/C16H31N3OS.HI/c1-3-17-15(18-10-12-20-4-2)19-11-13-21-16(14-19)8-6-5-7-9-16;/h3-14H2,1-2H3,(H,17,18);1H. The van der Waals surface area contributed by atoms with Gasteiger partial charge in [0.1, 0.15) is 0 Å². The summed E-state index contributed by atoms with van der Waals surface area (Å²) in [5.41, 5.74) is 0. The van der Waals surface area contributed by atoms with E-state index in [2.05, 4.69) is 28.9 Å². The Morgan fingerprint density at radius 3 is 2.73 bits per heavy atom. The Balaban J connectivity index is 0.00000242. The number of hydrogen-bond acceptors (Lipinski definition) is 3. The number of guanidine groups is 1. The summed E-state index contributed by atoms with van der Waals surface area (Å²) < 4.78 is 5.89. The number of halogens is 1. The minimum atomic E-state index is 0. The van der Waals surface area contributed by atoms with Crippen LogP contribution in [0.1, 0.15) is 46.0 Å². The second-order valence-electron chi connectivity index (χ2n) is 5.95. The highest BCUT2D eigenvalue weighted by molar-refractivity contribution is 14.0. The van der Waals surface area contributed by atoms with Gasteiger partial charge < -0.3 is 15.0 Å². The molecule has 1 heterocycles. The van der Waals surface area contributed by atoms with Gasteiger partial charge in [-0.2, -0.15) is 11.8 Å². The molecule has 1 aliphatic carbocycles. The molecule has 1 saturated heterocycles. The van der Waals surface area contributed by atoms with E-state index in [-0.39, 0.29) is 24.0 Å². The first-order chi connectivity index (χ1) is 10.3. The highest BCUT2D eigenvalue weighted by atomic mass is 127. The van der Waals surface area contributed by atoms with E-state index < -0.39 is 0 Å². The first kappa shape index (κ1) is 20.4. The van der Waals surface area contributed by atoms with Gasteiger partial charge in [-0.15, -0.1) is 24.0 Å². The molecule has 0 aromatic carbocycles. The maximum atomic E-state index is 5.40. The van der Waals surface area contributed by atoms with Crippen LogP contribution in [0.4, 0.5) is 0 Å². The Bertz CT molecular complexity index is 330. The lowest BCUT2D eigenvalue weighted by Gasteiger charge is -2.45. The highest BCUT2D eigenvalue weighted by Crippen LogP contribution is 2.42. The van der Waals surface area contributed by atoms with Crippen LogP contribution < -0.4 is 5.32 Å². The molecule has 2 fully saturated rings. The molecule has 22 heavy (non-hydrogen) atoms. The number of nitrogens with zero attached hydrogens (tertiary/aromatic N) is 2. The SMILES string of the molecule is CCNC(=NCCOCC)N1CCSC2(CCCCC2)C1.I. The Kier molecular flexibility index (Phi) is 10.1. The quantitative estimate of drug-likeness (QED) is 0.307. The summed E-state index contributed by atoms with van der Waals surface area (Å²) in [5.74, 6) is 2.32. The van der Waals surface area contributed by atoms with Crippen LogP contribution in [-0.2, 0) is 4.74 Å². The number of aliphatic imine (C=N–C) groups is 1. The van der Waals surface area contributed by atoms with Crippen molar-refractivity contribution in [2.75, 3.05) is 45.1 Å². The lowest BCUT2D eigenvalue weighted by molar-refractivity contribution is 0.155. The zero-order valence-electron chi connectivity index (χ0n) is 14.1. The number of nitrogens with one attached hydrogen (secondary N) is 1. The monoisotopic (exact) mass is 441 g/mol. The first-order valence-corrected chi connectivity index (χ1v) is 9.53. The topological polar surface area (TPSA) is 36.9 Å². The summed E-state index contributed by atoms with van der Waals surface area (Å²) in [6, 6.07) is 0. The van der Waals surface area contributed by atoms with Crippen molar-refractivity contribution in [3.05, 3.63) is 0 Å². The van der Waals surface area contributed by atoms with E-state index in [9.17, 15) is 0 Å². The van der Waals surface area contributed by atoms with Crippen LogP contribution in [0, 0.1) is 0 Å². The van der Waals surface area contributed by atoms with E-state index in [4.69, 9.17) is 9.73 Å². The summed E-state index contributed by atoms with van der Waals surface area (Å²) >= 11 is 2.21. The third-order valence-electron chi connectivity index (χ3n) is 4.35. The maximum Gasteiger partial charge on any atom is 0.194 e. The van der Waals surface area contributed by atoms with Gasteiger partial charge in [0.15, 0.2) is 5.96 Å². The molecule has 2 rings (SSSR count). The molecule has 0 aromatic heterocycles. The Morgan fingerprint density at radius 1 is 1.27 bits per heavy atom. The zero-order valence-corrected chi connectivity index (χ0v) is 17.3. The van der Waals surface area contributed by atoms with Crippen LogP contribution in [0.15, 0.2) is 4.99 Å². The predicted molar refractivity (Wildman–Crippen MR) is 108 cm³/mol. The third-order valence-corrected chi connectivity index (χ3v) is 5.89. The van der Waals surface area contributed by atoms with Gasteiger partial charge in [-0.25, -0.2) is 0 Å². The fourth-order valence-corrected chi connectivity index (χ4v) is 4.88. The number of hydrogen-bond donors (Lipinski definition) is 1. The van der Waals surface area contributed by atoms with Gasteiger partial charge in [0, 0.05) is 36.7 Å². The Morgan fingerprint density at radius 2 is 2.05 bits per heavy atom. The lowest BCUT2D eigenvalue weighted by atomic mass is 9.87. The lowest BCUT2D eigenvalue weighted by Crippen LogP contribution is -2.53. The van der Waals surface area contributed by atoms with Crippen molar-refractivity contribution in [3.63, 3.8) is 0 Å². The molecule has 1 saturated carbocycles. The van der Waals surface area contributed by atoms with Crippen molar-refractivity contribution < 1.29 is 4.74 Å². The minimum Gasteiger partial charge on any atom is -0.380 e. The van der Waals surface area contributed by atoms with Crippen LogP contribution in [0.2, 0.25) is 0 Å². The van der Waals surface area contributed by atoms with Gasteiger partial charge in [-0.1, -0.05) is 19.3 Å². The molecule has 0 aromatic rings. The van der Waals surface area contributed by atoms with Gasteiger partial charge in [-0.3, -0.25) is 4.99 Å². The minimum absolute atomic E-state index is 0. The summed E-state index contributed by atoms with van der Waals surface area (Å²) in [6.45, 7) is 9.65. The van der Waals surface area contributed by atoms with Gasteiger partial charge in [0.05, 0.1) is 13.2 Å². The van der Waals surface area contributed by atoms with Crippen LogP contribution in [0.25, 0.3) is 0 Å². The molecule has 0 unspecified atom stereocenters. The van der Waals surface area contributed by atoms with Gasteiger partial charge in [0.2, 0.25) is 0 Å². The van der Waals surface area contributed by atoms with E-state index in [1.54, 1.807) is 0 Å². The van der Waals surface area contributed by atoms with E-state index in [1.165, 1.54) is 37.9 Å². The second-order valence-corrected chi connectivity index (χ2v) is 7.51. The van der Waals surface area contributed by atoms with E-state index in [1.807, 2.05) is 6.92 Å². The number of thioether (sulfide) groups is 1. The second kappa shape index (κ2) is 11.0. The molecule has 0 atom stereocenters. The highest BCUT2D eigenvalue weighted by Gasteiger charge is 2.38. The summed E-state index contributed by atoms with van der Waals surface area (Å²) in [5, 5.41) is 3.46. The molecule has 1 N–H and O–H groups in total. The fourth-order valence-electron chi connectivity index (χ4n) is 3.31. The number of ether oxygens (including phenoxy) is 1. The van der Waals surface area contributed by atoms with Gasteiger partial charge >= 0.3 is 0 Å². The Labute approximate surface area is 157 Å². The number of rotatable bonds is 5. The molecule has 130 valence electrons. The molecule has 1 aliphatic heterocycles. The zero-order chi connectivity index (χ0) is 15.0. The molecule has 2 aliphatic rings. The molecule has 0 bridgehead atoms. The predicted octanol–water partition coefficient (Wildman–Crippen LogP) is 3.36. The van der Waals surface area contributed by atoms with Crippen molar-refractivity contribution in [2.45, 2.75) is 50.7 Å². The summed E-state index contributed by atoms with van der Waals surface area (Å²) in [4.78, 5) is 7.23. The molecule has 0 radical (unpaired) electrons. The van der Waals surface area contributed by atoms with Crippen LogP contribution in [0.5, 0.6) is 0 Å². The van der Waals surface area contributed by atoms with Crippen molar-refractivity contribution >= 4 is 41.7 Å². The summed E-state index contributed by atoms with van der Waals surface area (Å²) in [6.07, 6.45) is 6.99. The van der Waals surface area contributed by atoms with Gasteiger partial charge in [0.25, 0.3) is 0 Å². The average Bonchev–Trinajstić information content (AvgIpc) is 2.51. The van der Waals surface area contributed by atoms with Crippen LogP contribution >= 0.6 is 35.7 Å². The third kappa shape index (κ3) is 6.07. The molecule has 0 amide bonds.